The van der Waals surface area contributed by atoms with Crippen LogP contribution in [0.15, 0.2) is 24.3 Å². The van der Waals surface area contributed by atoms with Crippen molar-refractivity contribution < 1.29 is 9.18 Å². The highest BCUT2D eigenvalue weighted by Gasteiger charge is 2.37. The molecule has 1 aromatic rings. The van der Waals surface area contributed by atoms with E-state index in [0.29, 0.717) is 19.6 Å². The van der Waals surface area contributed by atoms with Crippen LogP contribution in [0.4, 0.5) is 9.18 Å². The summed E-state index contributed by atoms with van der Waals surface area (Å²) < 4.78 is 13.4. The number of fused-ring (bicyclic) bond motifs is 1. The third-order valence-electron chi connectivity index (χ3n) is 4.16. The predicted molar refractivity (Wildman–Crippen MR) is 73.7 cm³/mol. The highest BCUT2D eigenvalue weighted by Crippen LogP contribution is 2.25. The van der Waals surface area contributed by atoms with Gasteiger partial charge in [0.25, 0.3) is 0 Å². The second-order valence-electron chi connectivity index (χ2n) is 5.33. The normalized spacial score (nSPS) is 24.4. The van der Waals surface area contributed by atoms with Gasteiger partial charge in [0.15, 0.2) is 0 Å². The van der Waals surface area contributed by atoms with E-state index in [9.17, 15) is 9.18 Å². The standard InChI is InChI=1S/C14H19FN4O/c15-11-3-1-2-10(6-11)13(7-16)18-4-5-19-12(9-18)8-17-14(19)20/h1-3,6,12-13H,4-5,7-9,16H2,(H,17,20). The Kier molecular flexibility index (Phi) is 3.58. The maximum absolute atomic E-state index is 13.4. The van der Waals surface area contributed by atoms with Gasteiger partial charge >= 0.3 is 6.03 Å². The van der Waals surface area contributed by atoms with Gasteiger partial charge in [0.05, 0.1) is 6.04 Å². The largest absolute Gasteiger partial charge is 0.336 e. The van der Waals surface area contributed by atoms with E-state index in [4.69, 9.17) is 5.73 Å². The Labute approximate surface area is 117 Å². The number of carbonyl (C=O) groups is 1. The second-order valence-corrected chi connectivity index (χ2v) is 5.33. The Bertz CT molecular complexity index is 510. The fourth-order valence-corrected chi connectivity index (χ4v) is 3.12. The van der Waals surface area contributed by atoms with Crippen LogP contribution < -0.4 is 11.1 Å². The highest BCUT2D eigenvalue weighted by atomic mass is 19.1. The van der Waals surface area contributed by atoms with Gasteiger partial charge < -0.3 is 16.0 Å². The number of rotatable bonds is 3. The number of amides is 2. The summed E-state index contributed by atoms with van der Waals surface area (Å²) in [6.07, 6.45) is 0. The minimum Gasteiger partial charge on any atom is -0.336 e. The number of nitrogens with zero attached hydrogens (tertiary/aromatic N) is 2. The number of hydrogen-bond donors (Lipinski definition) is 2. The van der Waals surface area contributed by atoms with Crippen molar-refractivity contribution in [3.05, 3.63) is 35.6 Å². The predicted octanol–water partition coefficient (Wildman–Crippen LogP) is 0.535. The molecule has 0 spiro atoms. The molecule has 2 heterocycles. The van der Waals surface area contributed by atoms with Gasteiger partial charge in [0.2, 0.25) is 0 Å². The number of piperazine rings is 1. The zero-order valence-electron chi connectivity index (χ0n) is 11.3. The molecule has 2 fully saturated rings. The summed E-state index contributed by atoms with van der Waals surface area (Å²) in [4.78, 5) is 15.7. The smallest absolute Gasteiger partial charge is 0.317 e. The molecule has 1 aromatic carbocycles. The van der Waals surface area contributed by atoms with E-state index >= 15 is 0 Å². The minimum atomic E-state index is -0.239. The summed E-state index contributed by atoms with van der Waals surface area (Å²) in [5.41, 5.74) is 6.79. The van der Waals surface area contributed by atoms with Gasteiger partial charge in [0, 0.05) is 38.8 Å². The van der Waals surface area contributed by atoms with Crippen molar-refractivity contribution in [2.45, 2.75) is 12.1 Å². The second kappa shape index (κ2) is 5.38. The molecule has 2 amide bonds. The molecule has 108 valence electrons. The van der Waals surface area contributed by atoms with Gasteiger partial charge in [-0.05, 0) is 17.7 Å². The van der Waals surface area contributed by atoms with Gasteiger partial charge in [-0.2, -0.15) is 0 Å². The van der Waals surface area contributed by atoms with Crippen molar-refractivity contribution in [2.24, 2.45) is 5.73 Å². The van der Waals surface area contributed by atoms with Crippen molar-refractivity contribution in [1.82, 2.24) is 15.1 Å². The molecule has 2 saturated heterocycles. The quantitative estimate of drug-likeness (QED) is 0.848. The molecule has 2 atom stereocenters. The molecule has 3 rings (SSSR count). The molecule has 2 aliphatic rings. The molecular weight excluding hydrogens is 259 g/mol. The Balaban J connectivity index is 1.76. The lowest BCUT2D eigenvalue weighted by atomic mass is 10.0. The van der Waals surface area contributed by atoms with Crippen LogP contribution in [0.2, 0.25) is 0 Å². The highest BCUT2D eigenvalue weighted by molar-refractivity contribution is 5.77. The number of halogens is 1. The van der Waals surface area contributed by atoms with E-state index in [1.165, 1.54) is 6.07 Å². The third-order valence-corrected chi connectivity index (χ3v) is 4.16. The summed E-state index contributed by atoms with van der Waals surface area (Å²) >= 11 is 0. The van der Waals surface area contributed by atoms with Crippen LogP contribution in [0.5, 0.6) is 0 Å². The fourth-order valence-electron chi connectivity index (χ4n) is 3.12. The molecule has 0 aromatic heterocycles. The Hall–Kier alpha value is -1.66. The molecule has 20 heavy (non-hydrogen) atoms. The average molecular weight is 278 g/mol. The van der Waals surface area contributed by atoms with Crippen molar-refractivity contribution in [2.75, 3.05) is 32.7 Å². The molecule has 6 heteroatoms. The number of nitrogens with one attached hydrogen (secondary N) is 1. The minimum absolute atomic E-state index is 0.00329. The van der Waals surface area contributed by atoms with Crippen LogP contribution in [0, 0.1) is 5.82 Å². The molecular formula is C14H19FN4O. The molecule has 0 radical (unpaired) electrons. The van der Waals surface area contributed by atoms with Gasteiger partial charge in [0.1, 0.15) is 5.82 Å². The van der Waals surface area contributed by atoms with Crippen LogP contribution in [0.3, 0.4) is 0 Å². The van der Waals surface area contributed by atoms with Crippen molar-refractivity contribution >= 4 is 6.03 Å². The molecule has 2 unspecified atom stereocenters. The van der Waals surface area contributed by atoms with Crippen LogP contribution in [0.25, 0.3) is 0 Å². The van der Waals surface area contributed by atoms with E-state index in [0.717, 1.165) is 18.7 Å². The number of urea groups is 1. The Morgan fingerprint density at radius 3 is 3.05 bits per heavy atom. The lowest BCUT2D eigenvalue weighted by molar-refractivity contribution is 0.0903. The zero-order chi connectivity index (χ0) is 14.1. The molecule has 5 nitrogen and oxygen atoms in total. The summed E-state index contributed by atoms with van der Waals surface area (Å²) in [5.74, 6) is -0.239. The number of carbonyl (C=O) groups excluding carboxylic acids is 1. The SMILES string of the molecule is NCC(c1cccc(F)c1)N1CCN2C(=O)NCC2C1. The molecule has 0 bridgehead atoms. The first-order chi connectivity index (χ1) is 9.69. The zero-order valence-corrected chi connectivity index (χ0v) is 11.3. The first-order valence-corrected chi connectivity index (χ1v) is 6.93. The van der Waals surface area contributed by atoms with Crippen molar-refractivity contribution in [3.63, 3.8) is 0 Å². The van der Waals surface area contributed by atoms with E-state index < -0.39 is 0 Å². The van der Waals surface area contributed by atoms with Crippen LogP contribution >= 0.6 is 0 Å². The topological polar surface area (TPSA) is 61.6 Å². The molecule has 0 saturated carbocycles. The summed E-state index contributed by atoms with van der Waals surface area (Å²) in [6, 6.07) is 6.82. The van der Waals surface area contributed by atoms with Crippen LogP contribution in [-0.2, 0) is 0 Å². The number of nitrogens with two attached hydrogens (primary N) is 1. The molecule has 3 N–H and O–H groups in total. The maximum atomic E-state index is 13.4. The number of benzene rings is 1. The first-order valence-electron chi connectivity index (χ1n) is 6.93. The van der Waals surface area contributed by atoms with E-state index in [-0.39, 0.29) is 23.9 Å². The lowest BCUT2D eigenvalue weighted by Gasteiger charge is -2.40. The van der Waals surface area contributed by atoms with Crippen LogP contribution in [-0.4, -0.2) is 54.6 Å². The number of hydrogen-bond acceptors (Lipinski definition) is 3. The van der Waals surface area contributed by atoms with Crippen molar-refractivity contribution in [3.8, 4) is 0 Å². The monoisotopic (exact) mass is 278 g/mol. The van der Waals surface area contributed by atoms with E-state index in [1.807, 2.05) is 11.0 Å². The third kappa shape index (κ3) is 2.36. The Morgan fingerprint density at radius 2 is 2.30 bits per heavy atom. The lowest BCUT2D eigenvalue weighted by Crippen LogP contribution is -2.53. The van der Waals surface area contributed by atoms with Gasteiger partial charge in [-0.15, -0.1) is 0 Å². The van der Waals surface area contributed by atoms with Crippen LogP contribution in [0.1, 0.15) is 11.6 Å². The fraction of sp³-hybridized carbons (Fsp3) is 0.500. The van der Waals surface area contributed by atoms with E-state index in [1.54, 1.807) is 12.1 Å². The first kappa shape index (κ1) is 13.3. The van der Waals surface area contributed by atoms with Gasteiger partial charge in [-0.3, -0.25) is 4.90 Å². The van der Waals surface area contributed by atoms with Gasteiger partial charge in [-0.25, -0.2) is 9.18 Å². The molecule has 2 aliphatic heterocycles. The summed E-state index contributed by atoms with van der Waals surface area (Å²) in [5, 5.41) is 2.86. The van der Waals surface area contributed by atoms with E-state index in [2.05, 4.69) is 10.2 Å². The van der Waals surface area contributed by atoms with Gasteiger partial charge in [-0.1, -0.05) is 12.1 Å². The maximum Gasteiger partial charge on any atom is 0.317 e. The molecule has 0 aliphatic carbocycles. The summed E-state index contributed by atoms with van der Waals surface area (Å²) in [6.45, 7) is 3.36. The Morgan fingerprint density at radius 1 is 1.45 bits per heavy atom. The average Bonchev–Trinajstić information content (AvgIpc) is 2.81. The van der Waals surface area contributed by atoms with Crippen molar-refractivity contribution in [1.29, 1.82) is 0 Å². The summed E-state index contributed by atoms with van der Waals surface area (Å²) in [7, 11) is 0.